The molecule has 3 unspecified atom stereocenters. The minimum atomic E-state index is -1.22. The fourth-order valence-electron chi connectivity index (χ4n) is 1.48. The zero-order chi connectivity index (χ0) is 14.7. The van der Waals surface area contributed by atoms with Crippen LogP contribution in [0.2, 0.25) is 0 Å². The second kappa shape index (κ2) is 9.62. The lowest BCUT2D eigenvalue weighted by atomic mass is 10.0. The number of rotatable bonds is 9. The van der Waals surface area contributed by atoms with Crippen LogP contribution in [0.4, 0.5) is 0 Å². The van der Waals surface area contributed by atoms with E-state index in [0.29, 0.717) is 12.8 Å². The van der Waals surface area contributed by atoms with Crippen LogP contribution in [0.15, 0.2) is 15.0 Å². The number of aliphatic carboxylic acids is 1. The summed E-state index contributed by atoms with van der Waals surface area (Å²) in [4.78, 5) is 51.2. The molecule has 0 spiro atoms. The van der Waals surface area contributed by atoms with Gasteiger partial charge in [-0.25, -0.2) is 29.2 Å². The molecular weight excluding hydrogens is 254 g/mol. The highest BCUT2D eigenvalue weighted by molar-refractivity contribution is 5.74. The number of isocyanates is 3. The van der Waals surface area contributed by atoms with Crippen molar-refractivity contribution in [3.05, 3.63) is 0 Å². The predicted octanol–water partition coefficient (Wildman–Crippen LogP) is 0.374. The molecule has 0 aliphatic rings. The molecule has 19 heavy (non-hydrogen) atoms. The summed E-state index contributed by atoms with van der Waals surface area (Å²) >= 11 is 0. The van der Waals surface area contributed by atoms with Gasteiger partial charge < -0.3 is 5.11 Å². The molecule has 0 aromatic carbocycles. The molecule has 0 rings (SSSR count). The van der Waals surface area contributed by atoms with Crippen molar-refractivity contribution in [3.8, 4) is 0 Å². The molecule has 0 radical (unpaired) electrons. The van der Waals surface area contributed by atoms with Crippen LogP contribution in [0.1, 0.15) is 26.2 Å². The maximum absolute atomic E-state index is 10.7. The van der Waals surface area contributed by atoms with Gasteiger partial charge in [-0.2, -0.15) is 4.99 Å². The molecule has 0 aromatic rings. The summed E-state index contributed by atoms with van der Waals surface area (Å²) < 4.78 is 0. The Hall–Kier alpha value is -2.39. The molecule has 0 aliphatic heterocycles. The van der Waals surface area contributed by atoms with Crippen LogP contribution < -0.4 is 0 Å². The summed E-state index contributed by atoms with van der Waals surface area (Å²) in [5.41, 5.74) is 0. The van der Waals surface area contributed by atoms with E-state index >= 15 is 0 Å². The van der Waals surface area contributed by atoms with Crippen molar-refractivity contribution in [2.75, 3.05) is 0 Å². The van der Waals surface area contributed by atoms with Gasteiger partial charge >= 0.3 is 5.97 Å². The van der Waals surface area contributed by atoms with Gasteiger partial charge in [-0.1, -0.05) is 0 Å². The average molecular weight is 267 g/mol. The summed E-state index contributed by atoms with van der Waals surface area (Å²) in [6.45, 7) is 1.58. The van der Waals surface area contributed by atoms with Crippen LogP contribution in [0.3, 0.4) is 0 Å². The Bertz CT molecular complexity index is 443. The number of nitrogens with zero attached hydrogens (tertiary/aromatic N) is 3. The van der Waals surface area contributed by atoms with Gasteiger partial charge in [0.25, 0.3) is 0 Å². The number of aliphatic imine (C=N–C) groups is 3. The first kappa shape index (κ1) is 16.6. The van der Waals surface area contributed by atoms with E-state index < -0.39 is 24.1 Å². The molecule has 8 nitrogen and oxygen atoms in total. The molecule has 8 heteroatoms. The Morgan fingerprint density at radius 1 is 1.05 bits per heavy atom. The van der Waals surface area contributed by atoms with Gasteiger partial charge in [0.1, 0.15) is 0 Å². The van der Waals surface area contributed by atoms with E-state index in [4.69, 9.17) is 5.11 Å². The quantitative estimate of drug-likeness (QED) is 0.477. The topological polar surface area (TPSA) is 126 Å². The van der Waals surface area contributed by atoms with Gasteiger partial charge in [0.2, 0.25) is 18.2 Å². The monoisotopic (exact) mass is 267 g/mol. The average Bonchev–Trinajstić information content (AvgIpc) is 2.36. The number of carboxylic acid groups (broad SMARTS) is 1. The highest BCUT2D eigenvalue weighted by Gasteiger charge is 2.19. The maximum Gasteiger partial charge on any atom is 0.329 e. The molecule has 0 aliphatic carbocycles. The summed E-state index contributed by atoms with van der Waals surface area (Å²) in [5, 5.41) is 8.74. The van der Waals surface area contributed by atoms with Crippen molar-refractivity contribution in [1.29, 1.82) is 0 Å². The van der Waals surface area contributed by atoms with Crippen LogP contribution in [-0.4, -0.2) is 47.4 Å². The molecule has 0 fully saturated rings. The largest absolute Gasteiger partial charge is 0.480 e. The van der Waals surface area contributed by atoms with Crippen molar-refractivity contribution in [3.63, 3.8) is 0 Å². The van der Waals surface area contributed by atoms with Gasteiger partial charge in [-0.3, -0.25) is 0 Å². The fraction of sp³-hybridized carbons (Fsp3) is 0.636. The minimum absolute atomic E-state index is 0.104. The van der Waals surface area contributed by atoms with Crippen molar-refractivity contribution in [1.82, 2.24) is 0 Å². The first-order valence-electron chi connectivity index (χ1n) is 5.50. The minimum Gasteiger partial charge on any atom is -0.480 e. The summed E-state index contributed by atoms with van der Waals surface area (Å²) in [7, 11) is 0. The van der Waals surface area contributed by atoms with E-state index in [1.165, 1.54) is 18.2 Å². The van der Waals surface area contributed by atoms with E-state index in [1.807, 2.05) is 0 Å². The van der Waals surface area contributed by atoms with Crippen LogP contribution in [0.25, 0.3) is 0 Å². The maximum atomic E-state index is 10.7. The van der Waals surface area contributed by atoms with Crippen molar-refractivity contribution in [2.45, 2.75) is 44.3 Å². The lowest BCUT2D eigenvalue weighted by Gasteiger charge is -2.13. The van der Waals surface area contributed by atoms with E-state index in [1.54, 1.807) is 6.92 Å². The molecule has 0 heterocycles. The molecular formula is C11H13N3O5. The van der Waals surface area contributed by atoms with Crippen LogP contribution >= 0.6 is 0 Å². The zero-order valence-corrected chi connectivity index (χ0v) is 10.3. The van der Waals surface area contributed by atoms with Gasteiger partial charge in [0.05, 0.1) is 12.1 Å². The van der Waals surface area contributed by atoms with Crippen molar-refractivity contribution in [2.24, 2.45) is 15.0 Å². The van der Waals surface area contributed by atoms with E-state index in [2.05, 4.69) is 15.0 Å². The van der Waals surface area contributed by atoms with Gasteiger partial charge in [0.15, 0.2) is 6.04 Å². The first-order valence-corrected chi connectivity index (χ1v) is 5.50. The van der Waals surface area contributed by atoms with E-state index in [-0.39, 0.29) is 6.42 Å². The third-order valence-electron chi connectivity index (χ3n) is 2.50. The van der Waals surface area contributed by atoms with Crippen molar-refractivity contribution >= 4 is 24.2 Å². The van der Waals surface area contributed by atoms with Crippen LogP contribution in [0, 0.1) is 0 Å². The molecule has 0 amide bonds. The Balaban J connectivity index is 4.48. The number of carbonyl (C=O) groups is 1. The third kappa shape index (κ3) is 6.81. The summed E-state index contributed by atoms with van der Waals surface area (Å²) in [5.74, 6) is -1.22. The third-order valence-corrected chi connectivity index (χ3v) is 2.50. The Labute approximate surface area is 109 Å². The number of carboxylic acids is 1. The molecule has 0 aromatic heterocycles. The van der Waals surface area contributed by atoms with Crippen LogP contribution in [-0.2, 0) is 19.2 Å². The molecule has 0 saturated heterocycles. The second-order valence-corrected chi connectivity index (χ2v) is 3.75. The van der Waals surface area contributed by atoms with E-state index in [9.17, 15) is 19.2 Å². The van der Waals surface area contributed by atoms with Gasteiger partial charge in [-0.05, 0) is 26.2 Å². The SMILES string of the molecule is CC(N=C=O)C(CCCC(N=C=O)C(=O)O)N=C=O. The standard InChI is InChI=1S/C11H13N3O5/c1-8(12-5-15)9(13-6-16)3-2-4-10(11(18)19)14-7-17/h8-10H,2-4H2,1H3,(H,18,19). The number of hydrogen-bond acceptors (Lipinski definition) is 7. The van der Waals surface area contributed by atoms with E-state index in [0.717, 1.165) is 0 Å². The normalized spacial score (nSPS) is 13.9. The molecule has 0 saturated carbocycles. The highest BCUT2D eigenvalue weighted by Crippen LogP contribution is 2.13. The number of carbonyl (C=O) groups excluding carboxylic acids is 3. The Morgan fingerprint density at radius 2 is 1.63 bits per heavy atom. The zero-order valence-electron chi connectivity index (χ0n) is 10.3. The Morgan fingerprint density at radius 3 is 2.11 bits per heavy atom. The lowest BCUT2D eigenvalue weighted by Crippen LogP contribution is -2.22. The van der Waals surface area contributed by atoms with Crippen molar-refractivity contribution < 1.29 is 24.3 Å². The second-order valence-electron chi connectivity index (χ2n) is 3.75. The molecule has 102 valence electrons. The molecule has 0 bridgehead atoms. The first-order chi connectivity index (χ1) is 9.06. The van der Waals surface area contributed by atoms with Gasteiger partial charge in [-0.15, -0.1) is 0 Å². The van der Waals surface area contributed by atoms with Crippen LogP contribution in [0.5, 0.6) is 0 Å². The summed E-state index contributed by atoms with van der Waals surface area (Å²) in [6.07, 6.45) is 4.70. The fourth-order valence-corrected chi connectivity index (χ4v) is 1.48. The highest BCUT2D eigenvalue weighted by atomic mass is 16.4. The number of hydrogen-bond donors (Lipinski definition) is 1. The predicted molar refractivity (Wildman–Crippen MR) is 62.9 cm³/mol. The lowest BCUT2D eigenvalue weighted by molar-refractivity contribution is -0.138. The molecule has 3 atom stereocenters. The smallest absolute Gasteiger partial charge is 0.329 e. The van der Waals surface area contributed by atoms with Gasteiger partial charge in [0, 0.05) is 0 Å². The molecule has 1 N–H and O–H groups in total. The summed E-state index contributed by atoms with van der Waals surface area (Å²) in [6, 6.07) is -2.28. The Kier molecular flexibility index (Phi) is 8.41.